The van der Waals surface area contributed by atoms with Gasteiger partial charge in [-0.1, -0.05) is 0 Å². The number of nitriles is 2. The zero-order chi connectivity index (χ0) is 24.6. The first kappa shape index (κ1) is 23.4. The SMILES string of the molecule is CC1(OC(O)N2CC3COCC(C2)C3Oc2ncnc(Nc3ccc(C#N)cc3F)c2C#N)CC1. The monoisotopic (exact) mass is 480 g/mol. The van der Waals surface area contributed by atoms with Gasteiger partial charge in [0, 0.05) is 24.9 Å². The van der Waals surface area contributed by atoms with Crippen molar-refractivity contribution in [2.45, 2.75) is 37.9 Å². The smallest absolute Gasteiger partial charge is 0.237 e. The summed E-state index contributed by atoms with van der Waals surface area (Å²) in [6, 6.07) is 7.90. The van der Waals surface area contributed by atoms with Crippen LogP contribution >= 0.6 is 0 Å². The van der Waals surface area contributed by atoms with Crippen molar-refractivity contribution >= 4 is 11.5 Å². The van der Waals surface area contributed by atoms with Gasteiger partial charge in [-0.3, -0.25) is 4.90 Å². The number of hydrogen-bond donors (Lipinski definition) is 2. The van der Waals surface area contributed by atoms with Gasteiger partial charge in [0.1, 0.15) is 24.3 Å². The lowest BCUT2D eigenvalue weighted by atomic mass is 9.84. The van der Waals surface area contributed by atoms with Crippen LogP contribution in [0.15, 0.2) is 24.5 Å². The molecule has 3 fully saturated rings. The molecule has 2 aromatic rings. The molecule has 0 amide bonds. The van der Waals surface area contributed by atoms with E-state index < -0.39 is 12.2 Å². The number of aliphatic hydroxyl groups excluding tert-OH is 1. The second-order valence-electron chi connectivity index (χ2n) is 9.43. The predicted octanol–water partition coefficient (Wildman–Crippen LogP) is 2.27. The number of fused-ring (bicyclic) bond motifs is 2. The topological polar surface area (TPSA) is 137 Å². The maximum Gasteiger partial charge on any atom is 0.237 e. The van der Waals surface area contributed by atoms with Gasteiger partial charge in [-0.15, -0.1) is 0 Å². The molecule has 1 aliphatic carbocycles. The number of benzene rings is 1. The first-order chi connectivity index (χ1) is 16.9. The van der Waals surface area contributed by atoms with E-state index in [9.17, 15) is 14.8 Å². The van der Waals surface area contributed by atoms with Crippen LogP contribution in [0.25, 0.3) is 0 Å². The molecule has 10 nitrogen and oxygen atoms in total. The molecule has 1 aromatic heterocycles. The Morgan fingerprint density at radius 2 is 1.97 bits per heavy atom. The van der Waals surface area contributed by atoms with Crippen LogP contribution in [0.3, 0.4) is 0 Å². The van der Waals surface area contributed by atoms with Gasteiger partial charge >= 0.3 is 0 Å². The third kappa shape index (κ3) is 4.90. The van der Waals surface area contributed by atoms with E-state index in [4.69, 9.17) is 19.5 Å². The molecule has 2 saturated heterocycles. The minimum atomic E-state index is -0.988. The number of rotatable bonds is 7. The highest BCUT2D eigenvalue weighted by molar-refractivity contribution is 5.65. The van der Waals surface area contributed by atoms with Crippen LogP contribution in [-0.4, -0.2) is 64.4 Å². The lowest BCUT2D eigenvalue weighted by Crippen LogP contribution is -2.60. The Hall–Kier alpha value is -3.35. The average Bonchev–Trinajstić information content (AvgIpc) is 3.56. The molecule has 2 aliphatic heterocycles. The first-order valence-electron chi connectivity index (χ1n) is 11.5. The number of hydrogen-bond acceptors (Lipinski definition) is 10. The maximum absolute atomic E-state index is 14.4. The molecule has 1 saturated carbocycles. The Kier molecular flexibility index (Phi) is 6.26. The highest BCUT2D eigenvalue weighted by atomic mass is 19.1. The summed E-state index contributed by atoms with van der Waals surface area (Å²) in [5, 5.41) is 32.2. The molecule has 2 bridgehead atoms. The van der Waals surface area contributed by atoms with Crippen molar-refractivity contribution in [2.75, 3.05) is 31.6 Å². The Morgan fingerprint density at radius 3 is 2.60 bits per heavy atom. The highest BCUT2D eigenvalue weighted by Gasteiger charge is 2.47. The van der Waals surface area contributed by atoms with Crippen molar-refractivity contribution < 1.29 is 23.7 Å². The van der Waals surface area contributed by atoms with Gasteiger partial charge in [0.2, 0.25) is 12.3 Å². The lowest BCUT2D eigenvalue weighted by molar-refractivity contribution is -0.250. The van der Waals surface area contributed by atoms with E-state index in [1.54, 1.807) is 0 Å². The summed E-state index contributed by atoms with van der Waals surface area (Å²) in [7, 11) is 0. The number of aliphatic hydroxyl groups is 1. The zero-order valence-corrected chi connectivity index (χ0v) is 19.1. The molecule has 0 spiro atoms. The fraction of sp³-hybridized carbons (Fsp3) is 0.500. The van der Waals surface area contributed by atoms with Crippen molar-refractivity contribution in [1.29, 1.82) is 10.5 Å². The van der Waals surface area contributed by atoms with Crippen LogP contribution in [-0.2, 0) is 9.47 Å². The molecule has 3 unspecified atom stereocenters. The predicted molar refractivity (Wildman–Crippen MR) is 120 cm³/mol. The van der Waals surface area contributed by atoms with Crippen LogP contribution in [0, 0.1) is 40.3 Å². The summed E-state index contributed by atoms with van der Waals surface area (Å²) in [6.45, 7) is 3.89. The Balaban J connectivity index is 1.33. The molecule has 182 valence electrons. The van der Waals surface area contributed by atoms with E-state index in [0.29, 0.717) is 26.3 Å². The molecular weight excluding hydrogens is 455 g/mol. The number of nitrogens with zero attached hydrogens (tertiary/aromatic N) is 5. The fourth-order valence-corrected chi connectivity index (χ4v) is 4.53. The van der Waals surface area contributed by atoms with Crippen LogP contribution < -0.4 is 10.1 Å². The molecule has 0 radical (unpaired) electrons. The lowest BCUT2D eigenvalue weighted by Gasteiger charge is -2.47. The van der Waals surface area contributed by atoms with E-state index in [2.05, 4.69) is 21.4 Å². The van der Waals surface area contributed by atoms with Gasteiger partial charge < -0.3 is 24.6 Å². The van der Waals surface area contributed by atoms with Gasteiger partial charge in [-0.2, -0.15) is 10.5 Å². The number of likely N-dealkylation sites (tertiary alicyclic amines) is 1. The number of piperidine rings is 1. The number of anilines is 2. The molecule has 3 atom stereocenters. The summed E-state index contributed by atoms with van der Waals surface area (Å²) < 4.78 is 32.2. The highest BCUT2D eigenvalue weighted by Crippen LogP contribution is 2.41. The first-order valence-corrected chi connectivity index (χ1v) is 11.5. The normalized spacial score (nSPS) is 25.7. The van der Waals surface area contributed by atoms with Crippen molar-refractivity contribution in [2.24, 2.45) is 11.8 Å². The summed E-state index contributed by atoms with van der Waals surface area (Å²) in [4.78, 5) is 10.2. The van der Waals surface area contributed by atoms with Crippen LogP contribution in [0.5, 0.6) is 5.88 Å². The summed E-state index contributed by atoms with van der Waals surface area (Å²) >= 11 is 0. The Bertz CT molecular complexity index is 1180. The molecule has 11 heteroatoms. The second-order valence-corrected chi connectivity index (χ2v) is 9.43. The quantitative estimate of drug-likeness (QED) is 0.568. The number of halogens is 1. The Morgan fingerprint density at radius 1 is 1.23 bits per heavy atom. The molecule has 1 aromatic carbocycles. The van der Waals surface area contributed by atoms with Crippen LogP contribution in [0.2, 0.25) is 0 Å². The van der Waals surface area contributed by atoms with E-state index in [1.165, 1.54) is 18.5 Å². The van der Waals surface area contributed by atoms with E-state index in [1.807, 2.05) is 17.9 Å². The number of aromatic nitrogens is 2. The number of nitrogens with one attached hydrogen (secondary N) is 1. The second kappa shape index (κ2) is 9.36. The average molecular weight is 481 g/mol. The summed E-state index contributed by atoms with van der Waals surface area (Å²) in [6.07, 6.45) is 1.85. The summed E-state index contributed by atoms with van der Waals surface area (Å²) in [5.74, 6) is -0.588. The van der Waals surface area contributed by atoms with Gasteiger partial charge in [-0.05, 0) is 38.0 Å². The largest absolute Gasteiger partial charge is 0.472 e. The van der Waals surface area contributed by atoms with Crippen LogP contribution in [0.4, 0.5) is 15.9 Å². The van der Waals surface area contributed by atoms with Crippen molar-refractivity contribution in [3.63, 3.8) is 0 Å². The minimum absolute atomic E-state index is 0.0442. The van der Waals surface area contributed by atoms with E-state index in [-0.39, 0.29) is 52.1 Å². The van der Waals surface area contributed by atoms with Gasteiger partial charge in [0.05, 0.1) is 36.1 Å². The maximum atomic E-state index is 14.4. The molecule has 5 rings (SSSR count). The molecule has 3 aliphatic rings. The minimum Gasteiger partial charge on any atom is -0.472 e. The molecule has 3 heterocycles. The third-order valence-corrected chi connectivity index (χ3v) is 6.71. The van der Waals surface area contributed by atoms with Crippen molar-refractivity contribution in [3.8, 4) is 18.0 Å². The van der Waals surface area contributed by atoms with Crippen molar-refractivity contribution in [3.05, 3.63) is 41.5 Å². The van der Waals surface area contributed by atoms with Crippen LogP contribution in [0.1, 0.15) is 30.9 Å². The summed E-state index contributed by atoms with van der Waals surface area (Å²) in [5.41, 5.74) is 0.0469. The Labute approximate surface area is 201 Å². The molecule has 35 heavy (non-hydrogen) atoms. The van der Waals surface area contributed by atoms with Gasteiger partial charge in [0.15, 0.2) is 11.4 Å². The fourth-order valence-electron chi connectivity index (χ4n) is 4.53. The molecular formula is C24H25FN6O4. The zero-order valence-electron chi connectivity index (χ0n) is 19.1. The standard InChI is InChI=1S/C24H25FN6O4/c1-24(4-5-24)35-23(32)31-9-15-11-33-12-16(10-31)20(15)34-22-17(8-27)21(28-13-29-22)30-19-3-2-14(7-26)6-18(19)25/h2-3,6,13,15-16,20,23,32H,4-5,9-12H2,1H3,(H,28,29,30). The number of ether oxygens (including phenoxy) is 3. The van der Waals surface area contributed by atoms with Gasteiger partial charge in [0.25, 0.3) is 0 Å². The van der Waals surface area contributed by atoms with Crippen molar-refractivity contribution in [1.82, 2.24) is 14.9 Å². The van der Waals surface area contributed by atoms with Gasteiger partial charge in [-0.25, -0.2) is 14.4 Å². The van der Waals surface area contributed by atoms with E-state index >= 15 is 0 Å². The van der Waals surface area contributed by atoms with E-state index in [0.717, 1.165) is 18.9 Å². The third-order valence-electron chi connectivity index (χ3n) is 6.71. The molecule has 2 N–H and O–H groups in total.